The van der Waals surface area contributed by atoms with E-state index in [1.54, 1.807) is 17.7 Å². The summed E-state index contributed by atoms with van der Waals surface area (Å²) in [7, 11) is 1.59. The van der Waals surface area contributed by atoms with Crippen LogP contribution < -0.4 is 10.3 Å². The highest BCUT2D eigenvalue weighted by atomic mass is 16.5. The molecule has 1 unspecified atom stereocenters. The molecule has 192 valence electrons. The minimum atomic E-state index is -0.422. The molecule has 0 radical (unpaired) electrons. The van der Waals surface area contributed by atoms with E-state index in [4.69, 9.17) is 9.72 Å². The maximum absolute atomic E-state index is 14.0. The molecule has 4 aromatic rings. The van der Waals surface area contributed by atoms with Crippen molar-refractivity contribution in [1.82, 2.24) is 14.5 Å². The summed E-state index contributed by atoms with van der Waals surface area (Å²) >= 11 is 0. The van der Waals surface area contributed by atoms with Gasteiger partial charge in [0.25, 0.3) is 11.5 Å². The quantitative estimate of drug-likeness (QED) is 0.271. The molecule has 0 fully saturated rings. The standard InChI is InChI=1S/C31H35N3O3/c1-6-26(33(20-19-21(2)3)30(35)23-17-15-22(4)16-18-23)29-32-25-12-8-7-11-24(25)31(36)34(29)27-13-9-10-14-28(27)37-5/h7-18,21,26H,6,19-20H2,1-5H3. The van der Waals surface area contributed by atoms with Crippen LogP contribution in [0.15, 0.2) is 77.6 Å². The van der Waals surface area contributed by atoms with Gasteiger partial charge in [-0.15, -0.1) is 0 Å². The number of para-hydroxylation sites is 3. The molecule has 0 spiro atoms. The zero-order valence-electron chi connectivity index (χ0n) is 22.3. The van der Waals surface area contributed by atoms with E-state index in [0.29, 0.717) is 52.6 Å². The molecule has 1 heterocycles. The summed E-state index contributed by atoms with van der Waals surface area (Å²) in [5.41, 5.74) is 2.75. The average Bonchev–Trinajstić information content (AvgIpc) is 2.91. The molecule has 0 aliphatic rings. The molecule has 1 amide bonds. The number of carbonyl (C=O) groups is 1. The number of rotatable bonds is 9. The second-order valence-electron chi connectivity index (χ2n) is 9.77. The van der Waals surface area contributed by atoms with Gasteiger partial charge < -0.3 is 9.64 Å². The lowest BCUT2D eigenvalue weighted by Crippen LogP contribution is -2.39. The molecule has 0 saturated carbocycles. The fourth-order valence-corrected chi connectivity index (χ4v) is 4.62. The number of aryl methyl sites for hydroxylation is 1. The van der Waals surface area contributed by atoms with Crippen molar-refractivity contribution in [1.29, 1.82) is 0 Å². The second kappa shape index (κ2) is 11.4. The Morgan fingerprint density at radius 2 is 1.68 bits per heavy atom. The molecule has 3 aromatic carbocycles. The van der Waals surface area contributed by atoms with E-state index >= 15 is 0 Å². The summed E-state index contributed by atoms with van der Waals surface area (Å²) in [6.45, 7) is 8.88. The molecule has 1 atom stereocenters. The fourth-order valence-electron chi connectivity index (χ4n) is 4.62. The minimum absolute atomic E-state index is 0.0681. The minimum Gasteiger partial charge on any atom is -0.495 e. The lowest BCUT2D eigenvalue weighted by atomic mass is 10.0. The Kier molecular flexibility index (Phi) is 8.07. The van der Waals surface area contributed by atoms with Gasteiger partial charge in [0.1, 0.15) is 11.6 Å². The highest BCUT2D eigenvalue weighted by Gasteiger charge is 2.30. The predicted octanol–water partition coefficient (Wildman–Crippen LogP) is 6.34. The first-order valence-electron chi connectivity index (χ1n) is 12.9. The Hall–Kier alpha value is -3.93. The van der Waals surface area contributed by atoms with Crippen molar-refractivity contribution in [2.75, 3.05) is 13.7 Å². The molecular weight excluding hydrogens is 462 g/mol. The van der Waals surface area contributed by atoms with Gasteiger partial charge >= 0.3 is 0 Å². The van der Waals surface area contributed by atoms with Crippen LogP contribution in [0.3, 0.4) is 0 Å². The van der Waals surface area contributed by atoms with E-state index in [2.05, 4.69) is 13.8 Å². The largest absolute Gasteiger partial charge is 0.495 e. The molecule has 0 aliphatic heterocycles. The first kappa shape index (κ1) is 26.1. The number of fused-ring (bicyclic) bond motifs is 1. The van der Waals surface area contributed by atoms with Crippen LogP contribution in [-0.2, 0) is 0 Å². The molecule has 6 heteroatoms. The Labute approximate surface area is 218 Å². The van der Waals surface area contributed by atoms with E-state index in [1.807, 2.05) is 85.5 Å². The zero-order valence-corrected chi connectivity index (χ0v) is 22.3. The first-order chi connectivity index (χ1) is 17.8. The summed E-state index contributed by atoms with van der Waals surface area (Å²) in [5.74, 6) is 1.43. The van der Waals surface area contributed by atoms with Gasteiger partial charge in [-0.25, -0.2) is 4.98 Å². The van der Waals surface area contributed by atoms with Gasteiger partial charge in [-0.3, -0.25) is 14.2 Å². The van der Waals surface area contributed by atoms with E-state index < -0.39 is 6.04 Å². The molecule has 0 N–H and O–H groups in total. The Morgan fingerprint density at radius 3 is 2.35 bits per heavy atom. The predicted molar refractivity (Wildman–Crippen MR) is 149 cm³/mol. The summed E-state index contributed by atoms with van der Waals surface area (Å²) < 4.78 is 7.26. The van der Waals surface area contributed by atoms with E-state index in [9.17, 15) is 9.59 Å². The van der Waals surface area contributed by atoms with Crippen LogP contribution in [-0.4, -0.2) is 34.0 Å². The number of hydrogen-bond acceptors (Lipinski definition) is 4. The van der Waals surface area contributed by atoms with Crippen LogP contribution in [0.2, 0.25) is 0 Å². The number of ether oxygens (including phenoxy) is 1. The van der Waals surface area contributed by atoms with Gasteiger partial charge in [-0.05, 0) is 62.1 Å². The van der Waals surface area contributed by atoms with E-state index in [1.165, 1.54) is 0 Å². The number of methoxy groups -OCH3 is 1. The third kappa shape index (κ3) is 5.43. The Balaban J connectivity index is 1.96. The topological polar surface area (TPSA) is 64.4 Å². The number of hydrogen-bond donors (Lipinski definition) is 0. The van der Waals surface area contributed by atoms with Crippen LogP contribution in [0, 0.1) is 12.8 Å². The maximum Gasteiger partial charge on any atom is 0.266 e. The summed E-state index contributed by atoms with van der Waals surface area (Å²) in [6, 6.07) is 22.0. The van der Waals surface area contributed by atoms with Crippen molar-refractivity contribution in [2.24, 2.45) is 5.92 Å². The van der Waals surface area contributed by atoms with Gasteiger partial charge in [0.05, 0.1) is 29.7 Å². The number of nitrogens with zero attached hydrogens (tertiary/aromatic N) is 3. The van der Waals surface area contributed by atoms with Gasteiger partial charge in [-0.1, -0.05) is 62.7 Å². The average molecular weight is 498 g/mol. The van der Waals surface area contributed by atoms with Gasteiger partial charge in [0, 0.05) is 12.1 Å². The lowest BCUT2D eigenvalue weighted by Gasteiger charge is -2.33. The smallest absolute Gasteiger partial charge is 0.266 e. The SMILES string of the molecule is CCC(c1nc2ccccc2c(=O)n1-c1ccccc1OC)N(CCC(C)C)C(=O)c1ccc(C)cc1. The summed E-state index contributed by atoms with van der Waals surface area (Å²) in [4.78, 5) is 34.8. The Bertz CT molecular complexity index is 1440. The summed E-state index contributed by atoms with van der Waals surface area (Å²) in [6.07, 6.45) is 1.43. The molecule has 4 rings (SSSR count). The lowest BCUT2D eigenvalue weighted by molar-refractivity contribution is 0.0648. The number of aromatic nitrogens is 2. The monoisotopic (exact) mass is 497 g/mol. The Morgan fingerprint density at radius 1 is 1.00 bits per heavy atom. The molecule has 0 aliphatic carbocycles. The number of carbonyl (C=O) groups excluding carboxylic acids is 1. The maximum atomic E-state index is 14.0. The van der Waals surface area contributed by atoms with Crippen LogP contribution >= 0.6 is 0 Å². The van der Waals surface area contributed by atoms with Gasteiger partial charge in [0.15, 0.2) is 0 Å². The zero-order chi connectivity index (χ0) is 26.5. The number of benzene rings is 3. The van der Waals surface area contributed by atoms with Crippen LogP contribution in [0.5, 0.6) is 5.75 Å². The molecule has 0 bridgehead atoms. The molecular formula is C31H35N3O3. The van der Waals surface area contributed by atoms with Gasteiger partial charge in [-0.2, -0.15) is 0 Å². The van der Waals surface area contributed by atoms with E-state index in [0.717, 1.165) is 12.0 Å². The highest BCUT2D eigenvalue weighted by Crippen LogP contribution is 2.31. The fraction of sp³-hybridized carbons (Fsp3) is 0.323. The third-order valence-electron chi connectivity index (χ3n) is 6.70. The van der Waals surface area contributed by atoms with Crippen molar-refractivity contribution >= 4 is 16.8 Å². The van der Waals surface area contributed by atoms with Crippen molar-refractivity contribution in [2.45, 2.75) is 46.6 Å². The molecule has 1 aromatic heterocycles. The molecule has 6 nitrogen and oxygen atoms in total. The third-order valence-corrected chi connectivity index (χ3v) is 6.70. The summed E-state index contributed by atoms with van der Waals surface area (Å²) in [5, 5.41) is 0.519. The van der Waals surface area contributed by atoms with E-state index in [-0.39, 0.29) is 11.5 Å². The van der Waals surface area contributed by atoms with Crippen molar-refractivity contribution in [3.8, 4) is 11.4 Å². The van der Waals surface area contributed by atoms with Crippen LogP contribution in [0.4, 0.5) is 0 Å². The van der Waals surface area contributed by atoms with Crippen LogP contribution in [0.1, 0.15) is 61.4 Å². The van der Waals surface area contributed by atoms with Crippen molar-refractivity contribution in [3.05, 3.63) is 100 Å². The highest BCUT2D eigenvalue weighted by molar-refractivity contribution is 5.94. The van der Waals surface area contributed by atoms with Crippen LogP contribution in [0.25, 0.3) is 16.6 Å². The van der Waals surface area contributed by atoms with Gasteiger partial charge in [0.2, 0.25) is 0 Å². The number of amides is 1. The normalized spacial score (nSPS) is 12.1. The second-order valence-corrected chi connectivity index (χ2v) is 9.77. The van der Waals surface area contributed by atoms with Crippen molar-refractivity contribution < 1.29 is 9.53 Å². The van der Waals surface area contributed by atoms with Crippen molar-refractivity contribution in [3.63, 3.8) is 0 Å². The first-order valence-corrected chi connectivity index (χ1v) is 12.9. The molecule has 0 saturated heterocycles. The molecule has 37 heavy (non-hydrogen) atoms.